The van der Waals surface area contributed by atoms with Crippen molar-refractivity contribution in [3.05, 3.63) is 167 Å². The first-order valence-corrected chi connectivity index (χ1v) is 14.9. The fraction of sp³-hybridized carbons (Fsp3) is 0.122. The van der Waals surface area contributed by atoms with E-state index in [0.717, 1.165) is 0 Å². The van der Waals surface area contributed by atoms with E-state index >= 15 is 0 Å². The number of rotatable bonds is 2. The van der Waals surface area contributed by atoms with Crippen molar-refractivity contribution in [1.82, 2.24) is 4.57 Å². The van der Waals surface area contributed by atoms with E-state index in [1.54, 1.807) is 0 Å². The standard InChI is InChI=1S/C41H31N/c1-40(34-16-8-4-12-28(34)29-13-5-9-17-35(29)40)26-20-22-38-32(24-26)33-25-27(21-23-39(33)42(38)3)41(2)36-18-10-6-14-30(36)31-15-7-11-19-37(31)41/h4-25H,1-3H3. The summed E-state index contributed by atoms with van der Waals surface area (Å²) in [5.41, 5.74) is 15.7. The normalized spacial score (nSPS) is 15.4. The quantitative estimate of drug-likeness (QED) is 0.207. The van der Waals surface area contributed by atoms with Crippen LogP contribution in [-0.4, -0.2) is 4.57 Å². The smallest absolute Gasteiger partial charge is 0.0488 e. The molecule has 6 aromatic carbocycles. The Morgan fingerprint density at radius 1 is 0.405 bits per heavy atom. The molecule has 7 aromatic rings. The lowest BCUT2D eigenvalue weighted by Gasteiger charge is -2.29. The Hall–Kier alpha value is -4.88. The summed E-state index contributed by atoms with van der Waals surface area (Å²) in [6.45, 7) is 4.81. The molecule has 0 aliphatic heterocycles. The molecule has 1 heterocycles. The van der Waals surface area contributed by atoms with Gasteiger partial charge in [-0.3, -0.25) is 0 Å². The number of fused-ring (bicyclic) bond motifs is 9. The number of benzene rings is 6. The molecule has 2 aliphatic rings. The van der Waals surface area contributed by atoms with Gasteiger partial charge in [0.15, 0.2) is 0 Å². The first-order valence-electron chi connectivity index (χ1n) is 14.9. The molecule has 0 N–H and O–H groups in total. The first-order chi connectivity index (χ1) is 20.5. The van der Waals surface area contributed by atoms with E-state index in [9.17, 15) is 0 Å². The average Bonchev–Trinajstić information content (AvgIpc) is 3.60. The average molecular weight is 538 g/mol. The highest BCUT2D eigenvalue weighted by molar-refractivity contribution is 6.09. The van der Waals surface area contributed by atoms with Crippen molar-refractivity contribution in [3.8, 4) is 22.3 Å². The second kappa shape index (κ2) is 8.11. The van der Waals surface area contributed by atoms with Gasteiger partial charge in [0.05, 0.1) is 0 Å². The lowest BCUT2D eigenvalue weighted by Crippen LogP contribution is -2.22. The molecule has 9 rings (SSSR count). The van der Waals surface area contributed by atoms with Crippen LogP contribution in [0.5, 0.6) is 0 Å². The zero-order valence-electron chi connectivity index (χ0n) is 24.1. The summed E-state index contributed by atoms with van der Waals surface area (Å²) in [7, 11) is 2.20. The molecule has 0 unspecified atom stereocenters. The van der Waals surface area contributed by atoms with Crippen LogP contribution < -0.4 is 0 Å². The molecule has 0 saturated heterocycles. The first kappa shape index (κ1) is 23.8. The van der Waals surface area contributed by atoms with E-state index in [0.29, 0.717) is 0 Å². The van der Waals surface area contributed by atoms with Crippen LogP contribution in [0.15, 0.2) is 133 Å². The van der Waals surface area contributed by atoms with Crippen molar-refractivity contribution in [3.63, 3.8) is 0 Å². The third-order valence-electron chi connectivity index (χ3n) is 10.6. The monoisotopic (exact) mass is 537 g/mol. The van der Waals surface area contributed by atoms with E-state index in [-0.39, 0.29) is 10.8 Å². The molecule has 1 heteroatoms. The molecule has 0 radical (unpaired) electrons. The van der Waals surface area contributed by atoms with Gasteiger partial charge in [-0.15, -0.1) is 0 Å². The van der Waals surface area contributed by atoms with Gasteiger partial charge >= 0.3 is 0 Å². The molecule has 0 saturated carbocycles. The molecule has 0 fully saturated rings. The summed E-state index contributed by atoms with van der Waals surface area (Å²) < 4.78 is 2.36. The maximum Gasteiger partial charge on any atom is 0.0488 e. The highest BCUT2D eigenvalue weighted by atomic mass is 14.9. The summed E-state index contributed by atoms with van der Waals surface area (Å²) in [5, 5.41) is 2.64. The molecule has 0 atom stereocenters. The lowest BCUT2D eigenvalue weighted by molar-refractivity contribution is 0.714. The minimum Gasteiger partial charge on any atom is -0.344 e. The van der Waals surface area contributed by atoms with Gasteiger partial charge in [-0.05, 0) is 93.7 Å². The minimum atomic E-state index is -0.212. The van der Waals surface area contributed by atoms with E-state index < -0.39 is 0 Å². The van der Waals surface area contributed by atoms with Crippen molar-refractivity contribution in [1.29, 1.82) is 0 Å². The molecule has 200 valence electrons. The second-order valence-corrected chi connectivity index (χ2v) is 12.5. The van der Waals surface area contributed by atoms with Crippen molar-refractivity contribution in [2.24, 2.45) is 7.05 Å². The largest absolute Gasteiger partial charge is 0.344 e. The van der Waals surface area contributed by atoms with E-state index in [4.69, 9.17) is 0 Å². The number of hydrogen-bond acceptors (Lipinski definition) is 0. The van der Waals surface area contributed by atoms with Crippen molar-refractivity contribution < 1.29 is 0 Å². The molecule has 0 spiro atoms. The Labute approximate surface area is 246 Å². The van der Waals surface area contributed by atoms with Crippen LogP contribution in [0.25, 0.3) is 44.1 Å². The predicted molar refractivity (Wildman–Crippen MR) is 175 cm³/mol. The summed E-state index contributed by atoms with van der Waals surface area (Å²) in [6.07, 6.45) is 0. The summed E-state index contributed by atoms with van der Waals surface area (Å²) in [6, 6.07) is 50.1. The predicted octanol–water partition coefficient (Wildman–Crippen LogP) is 10.0. The fourth-order valence-electron chi connectivity index (χ4n) is 8.37. The third kappa shape index (κ3) is 2.79. The molecular formula is C41H31N. The van der Waals surface area contributed by atoms with Gasteiger partial charge in [0.25, 0.3) is 0 Å². The van der Waals surface area contributed by atoms with Crippen molar-refractivity contribution in [2.45, 2.75) is 24.7 Å². The number of hydrogen-bond donors (Lipinski definition) is 0. The Bertz CT molecular complexity index is 1990. The number of aryl methyl sites for hydroxylation is 1. The summed E-state index contributed by atoms with van der Waals surface area (Å²) in [4.78, 5) is 0. The van der Waals surface area contributed by atoms with Gasteiger partial charge in [0, 0.05) is 39.7 Å². The van der Waals surface area contributed by atoms with Crippen LogP contribution in [0.1, 0.15) is 47.2 Å². The third-order valence-corrected chi connectivity index (χ3v) is 10.6. The zero-order valence-corrected chi connectivity index (χ0v) is 24.1. The van der Waals surface area contributed by atoms with Gasteiger partial charge in [-0.1, -0.05) is 109 Å². The fourth-order valence-corrected chi connectivity index (χ4v) is 8.37. The zero-order chi connectivity index (χ0) is 28.2. The van der Waals surface area contributed by atoms with E-state index in [2.05, 4.69) is 159 Å². The van der Waals surface area contributed by atoms with Gasteiger partial charge in [-0.2, -0.15) is 0 Å². The molecule has 0 bridgehead atoms. The lowest BCUT2D eigenvalue weighted by atomic mass is 9.73. The minimum absolute atomic E-state index is 0.212. The topological polar surface area (TPSA) is 4.93 Å². The highest BCUT2D eigenvalue weighted by Gasteiger charge is 2.42. The molecule has 1 aromatic heterocycles. The second-order valence-electron chi connectivity index (χ2n) is 12.5. The van der Waals surface area contributed by atoms with Crippen LogP contribution in [0.3, 0.4) is 0 Å². The highest BCUT2D eigenvalue weighted by Crippen LogP contribution is 2.54. The molecular weight excluding hydrogens is 506 g/mol. The molecule has 42 heavy (non-hydrogen) atoms. The Kier molecular flexibility index (Phi) is 4.59. The summed E-state index contributed by atoms with van der Waals surface area (Å²) in [5.74, 6) is 0. The Morgan fingerprint density at radius 2 is 0.714 bits per heavy atom. The van der Waals surface area contributed by atoms with Crippen molar-refractivity contribution in [2.75, 3.05) is 0 Å². The van der Waals surface area contributed by atoms with Gasteiger partial charge in [-0.25, -0.2) is 0 Å². The Balaban J connectivity index is 1.30. The van der Waals surface area contributed by atoms with Crippen LogP contribution >= 0.6 is 0 Å². The van der Waals surface area contributed by atoms with Crippen molar-refractivity contribution >= 4 is 21.8 Å². The van der Waals surface area contributed by atoms with Gasteiger partial charge < -0.3 is 4.57 Å². The Morgan fingerprint density at radius 3 is 1.05 bits per heavy atom. The maximum absolute atomic E-state index is 2.47. The molecule has 1 nitrogen and oxygen atoms in total. The van der Waals surface area contributed by atoms with Gasteiger partial charge in [0.1, 0.15) is 0 Å². The van der Waals surface area contributed by atoms with Gasteiger partial charge in [0.2, 0.25) is 0 Å². The molecule has 2 aliphatic carbocycles. The van der Waals surface area contributed by atoms with E-state index in [1.165, 1.54) is 77.4 Å². The number of nitrogens with zero attached hydrogens (tertiary/aromatic N) is 1. The SMILES string of the molecule is Cn1c2ccc(C3(C)c4ccccc4-c4ccccc43)cc2c2cc(C3(C)c4ccccc4-c4ccccc43)ccc21. The van der Waals surface area contributed by atoms with Crippen LogP contribution in [-0.2, 0) is 17.9 Å². The maximum atomic E-state index is 2.47. The summed E-state index contributed by atoms with van der Waals surface area (Å²) >= 11 is 0. The van der Waals surface area contributed by atoms with Crippen LogP contribution in [0.2, 0.25) is 0 Å². The van der Waals surface area contributed by atoms with Crippen LogP contribution in [0, 0.1) is 0 Å². The van der Waals surface area contributed by atoms with Crippen LogP contribution in [0.4, 0.5) is 0 Å². The molecule has 0 amide bonds. The van der Waals surface area contributed by atoms with E-state index in [1.807, 2.05) is 0 Å². The number of aromatic nitrogens is 1.